The van der Waals surface area contributed by atoms with E-state index in [0.717, 1.165) is 12.1 Å². The normalized spacial score (nSPS) is 12.2. The van der Waals surface area contributed by atoms with E-state index in [1.165, 1.54) is 60.9 Å². The molecule has 11 nitrogen and oxygen atoms in total. The number of nitrogens with zero attached hydrogens (tertiary/aromatic N) is 3. The monoisotopic (exact) mass is 776 g/mol. The summed E-state index contributed by atoms with van der Waals surface area (Å²) in [4.78, 5) is 21.2. The molecule has 0 radical (unpaired) electrons. The van der Waals surface area contributed by atoms with E-state index in [-0.39, 0.29) is 39.6 Å². The predicted molar refractivity (Wildman–Crippen MR) is 168 cm³/mol. The maximum absolute atomic E-state index is 13.2. The van der Waals surface area contributed by atoms with Gasteiger partial charge in [-0.25, -0.2) is 9.97 Å². The van der Waals surface area contributed by atoms with Gasteiger partial charge in [-0.05, 0) is 68.4 Å². The van der Waals surface area contributed by atoms with Crippen molar-refractivity contribution in [2.24, 2.45) is 0 Å². The first-order valence-corrected chi connectivity index (χ1v) is 17.4. The number of carbonyl (C=O) groups excluding carboxylic acids is 1. The Hall–Kier alpha value is -3.91. The van der Waals surface area contributed by atoms with E-state index >= 15 is 0 Å². The molecule has 2 heterocycles. The zero-order chi connectivity index (χ0) is 36.9. The molecule has 4 aromatic rings. The van der Waals surface area contributed by atoms with Crippen LogP contribution in [0.2, 0.25) is 10.0 Å². The average Bonchev–Trinajstić information content (AvgIpc) is 3.32. The number of benzene rings is 2. The van der Waals surface area contributed by atoms with Gasteiger partial charge in [-0.2, -0.15) is 43.2 Å². The molecule has 2 aromatic heterocycles. The van der Waals surface area contributed by atoms with Crippen LogP contribution in [0.4, 0.5) is 32.2 Å². The molecule has 2 aromatic carbocycles. The van der Waals surface area contributed by atoms with Crippen LogP contribution in [0.5, 0.6) is 5.75 Å². The van der Waals surface area contributed by atoms with Crippen LogP contribution < -0.4 is 9.50 Å². The molecule has 4 rings (SSSR count). The third-order valence-corrected chi connectivity index (χ3v) is 8.57. The number of aromatic nitrogens is 3. The zero-order valence-electron chi connectivity index (χ0n) is 25.0. The Bertz CT molecular complexity index is 2020. The summed E-state index contributed by atoms with van der Waals surface area (Å²) in [6.45, 7) is 2.89. The molecule has 0 saturated carbocycles. The van der Waals surface area contributed by atoms with Crippen LogP contribution in [-0.4, -0.2) is 59.5 Å². The maximum Gasteiger partial charge on any atom is 0.417 e. The Morgan fingerprint density at radius 1 is 0.980 bits per heavy atom. The van der Waals surface area contributed by atoms with E-state index in [9.17, 15) is 48.0 Å². The fraction of sp³-hybridized carbons (Fsp3) is 0.250. The van der Waals surface area contributed by atoms with Crippen molar-refractivity contribution in [3.8, 4) is 22.8 Å². The van der Waals surface area contributed by atoms with Crippen molar-refractivity contribution in [1.82, 2.24) is 14.5 Å². The maximum atomic E-state index is 13.2. The molecule has 0 spiro atoms. The summed E-state index contributed by atoms with van der Waals surface area (Å²) >= 11 is 12.4. The minimum Gasteiger partial charge on any atom is -0.382 e. The minimum absolute atomic E-state index is 0.135. The van der Waals surface area contributed by atoms with Gasteiger partial charge in [0, 0.05) is 22.5 Å². The number of carbonyl (C=O) groups is 1. The number of hydrogen-bond acceptors (Lipinski definition) is 8. The van der Waals surface area contributed by atoms with Gasteiger partial charge < -0.3 is 9.50 Å². The van der Waals surface area contributed by atoms with E-state index in [4.69, 9.17) is 31.9 Å². The Kier molecular flexibility index (Phi) is 12.4. The van der Waals surface area contributed by atoms with Gasteiger partial charge in [-0.15, -0.1) is 0 Å². The van der Waals surface area contributed by atoms with Gasteiger partial charge >= 0.3 is 22.5 Å². The smallest absolute Gasteiger partial charge is 0.382 e. The lowest BCUT2D eigenvalue weighted by molar-refractivity contribution is -0.137. The van der Waals surface area contributed by atoms with Gasteiger partial charge in [0.15, 0.2) is 5.69 Å². The average molecular weight is 778 g/mol. The summed E-state index contributed by atoms with van der Waals surface area (Å²) in [5.74, 6) is -2.59. The number of rotatable bonds is 9. The number of nitrogens with one attached hydrogen (secondary N) is 1. The lowest BCUT2D eigenvalue weighted by Gasteiger charge is -2.13. The van der Waals surface area contributed by atoms with E-state index in [1.807, 2.05) is 0 Å². The first-order chi connectivity index (χ1) is 22.5. The van der Waals surface area contributed by atoms with Crippen LogP contribution in [0.25, 0.3) is 17.1 Å². The molecular weight excluding hydrogens is 753 g/mol. The Balaban J connectivity index is 0.000000992. The second kappa shape index (κ2) is 15.3. The summed E-state index contributed by atoms with van der Waals surface area (Å²) < 4.78 is 133. The summed E-state index contributed by atoms with van der Waals surface area (Å²) in [6, 6.07) is 11.3. The first kappa shape index (κ1) is 39.5. The van der Waals surface area contributed by atoms with Gasteiger partial charge in [0.25, 0.3) is 16.0 Å². The topological polar surface area (TPSA) is 158 Å². The van der Waals surface area contributed by atoms with Crippen molar-refractivity contribution in [3.63, 3.8) is 0 Å². The molecule has 0 fully saturated rings. The molecule has 266 valence electrons. The second-order valence-corrected chi connectivity index (χ2v) is 14.1. The van der Waals surface area contributed by atoms with Crippen molar-refractivity contribution in [1.29, 1.82) is 0 Å². The predicted octanol–water partition coefficient (Wildman–Crippen LogP) is 7.38. The van der Waals surface area contributed by atoms with E-state index in [1.54, 1.807) is 0 Å². The molecule has 21 heteroatoms. The van der Waals surface area contributed by atoms with Crippen molar-refractivity contribution in [3.05, 3.63) is 87.8 Å². The van der Waals surface area contributed by atoms with Crippen LogP contribution >= 0.6 is 23.2 Å². The largest absolute Gasteiger partial charge is 0.417 e. The van der Waals surface area contributed by atoms with Crippen molar-refractivity contribution in [2.45, 2.75) is 32.6 Å². The molecule has 1 amide bonds. The van der Waals surface area contributed by atoms with Crippen molar-refractivity contribution in [2.75, 3.05) is 16.8 Å². The van der Waals surface area contributed by atoms with Crippen LogP contribution in [0.3, 0.4) is 0 Å². The van der Waals surface area contributed by atoms with Gasteiger partial charge in [-0.1, -0.05) is 23.2 Å². The van der Waals surface area contributed by atoms with E-state index < -0.39 is 56.2 Å². The van der Waals surface area contributed by atoms with Crippen LogP contribution in [0.1, 0.15) is 35.1 Å². The van der Waals surface area contributed by atoms with Gasteiger partial charge in [-0.3, -0.25) is 13.9 Å². The molecule has 0 bridgehead atoms. The van der Waals surface area contributed by atoms with Crippen molar-refractivity contribution >= 4 is 55.2 Å². The first-order valence-electron chi connectivity index (χ1n) is 13.4. The highest BCUT2D eigenvalue weighted by Gasteiger charge is 2.32. The number of hydrogen-bond donors (Lipinski definition) is 2. The molecule has 0 atom stereocenters. The highest BCUT2D eigenvalue weighted by atomic mass is 35.5. The van der Waals surface area contributed by atoms with E-state index in [2.05, 4.69) is 15.3 Å². The number of anilines is 1. The van der Waals surface area contributed by atoms with Gasteiger partial charge in [0.2, 0.25) is 0 Å². The fourth-order valence-corrected chi connectivity index (χ4v) is 5.24. The van der Waals surface area contributed by atoms with E-state index in [0.29, 0.717) is 22.5 Å². The number of halogens is 8. The number of imidazole rings is 1. The third-order valence-electron chi connectivity index (χ3n) is 6.15. The highest BCUT2D eigenvalue weighted by Crippen LogP contribution is 2.34. The number of alkyl halides is 6. The summed E-state index contributed by atoms with van der Waals surface area (Å²) in [6.07, 6.45) is -10.3. The molecule has 0 aliphatic rings. The molecule has 2 N–H and O–H groups in total. The van der Waals surface area contributed by atoms with Crippen molar-refractivity contribution < 1.29 is 56.7 Å². The Morgan fingerprint density at radius 3 is 2.08 bits per heavy atom. The molecule has 0 saturated heterocycles. The summed E-state index contributed by atoms with van der Waals surface area (Å²) in [7, 11) is -8.21. The lowest BCUT2D eigenvalue weighted by Crippen LogP contribution is -2.20. The van der Waals surface area contributed by atoms with Gasteiger partial charge in [0.1, 0.15) is 17.4 Å². The SMILES string of the molecule is CCS(=O)(=O)O.Cc1c(C(=O)Nc2ccc(C(F)(F)F)cn2)nc(-c2ccc(Cl)cc2Cl)n1-c1ccc(OS(=O)(=O)CCC(F)(F)F)cc1. The Morgan fingerprint density at radius 2 is 1.59 bits per heavy atom. The second-order valence-electron chi connectivity index (χ2n) is 9.79. The number of amides is 1. The summed E-state index contributed by atoms with van der Waals surface area (Å²) in [5.41, 5.74) is -0.283. The number of pyridine rings is 1. The quantitative estimate of drug-likeness (QED) is 0.101. The Labute approximate surface area is 285 Å². The lowest BCUT2D eigenvalue weighted by atomic mass is 10.2. The standard InChI is InChI=1S/C26H18Cl2F6N4O4S.C2H6O3S/c1-14-22(24(39)36-21-9-2-15(13-35-21)26(32,33)34)37-23(19-8-3-16(27)12-20(19)28)38(14)17-4-6-18(7-5-17)42-43(40,41)11-10-25(29,30)31;1-2-6(3,4)5/h2-9,12-13H,10-11H2,1H3,(H,35,36,39);2H2,1H3,(H,3,4,5). The molecule has 0 unspecified atom stereocenters. The molecule has 49 heavy (non-hydrogen) atoms. The highest BCUT2D eigenvalue weighted by molar-refractivity contribution is 7.87. The minimum atomic E-state index is -4.69. The molecule has 0 aliphatic heterocycles. The van der Waals surface area contributed by atoms with Crippen LogP contribution in [0.15, 0.2) is 60.8 Å². The van der Waals surface area contributed by atoms with Crippen LogP contribution in [-0.2, 0) is 26.4 Å². The zero-order valence-corrected chi connectivity index (χ0v) is 28.1. The summed E-state index contributed by atoms with van der Waals surface area (Å²) in [5, 5.41) is 2.85. The fourth-order valence-electron chi connectivity index (χ4n) is 3.77. The molecular formula is C28H24Cl2F6N4O7S2. The molecule has 0 aliphatic carbocycles. The third kappa shape index (κ3) is 11.6. The van der Waals surface area contributed by atoms with Crippen LogP contribution in [0, 0.1) is 6.92 Å². The van der Waals surface area contributed by atoms with Gasteiger partial charge in [0.05, 0.1) is 34.2 Å².